The number of benzene rings is 1. The van der Waals surface area contributed by atoms with Crippen LogP contribution in [0.25, 0.3) is 0 Å². The lowest BCUT2D eigenvalue weighted by Gasteiger charge is -2.11. The lowest BCUT2D eigenvalue weighted by molar-refractivity contribution is -0.116. The predicted molar refractivity (Wildman–Crippen MR) is 72.7 cm³/mol. The van der Waals surface area contributed by atoms with E-state index in [1.165, 1.54) is 6.92 Å². The lowest BCUT2D eigenvalue weighted by Crippen LogP contribution is -2.16. The second kappa shape index (κ2) is 6.98. The van der Waals surface area contributed by atoms with Gasteiger partial charge in [-0.2, -0.15) is 0 Å². The highest BCUT2D eigenvalue weighted by molar-refractivity contribution is 6.31. The van der Waals surface area contributed by atoms with Crippen LogP contribution in [0.3, 0.4) is 0 Å². The molecule has 0 unspecified atom stereocenters. The Kier molecular flexibility index (Phi) is 5.61. The maximum absolute atomic E-state index is 11.6. The molecule has 0 radical (unpaired) electrons. The molecule has 0 fully saturated rings. The first kappa shape index (κ1) is 14.5. The van der Waals surface area contributed by atoms with Gasteiger partial charge in [-0.3, -0.25) is 9.59 Å². The zero-order valence-electron chi connectivity index (χ0n) is 10.1. The molecule has 1 aromatic carbocycles. The maximum Gasteiger partial charge on any atom is 0.224 e. The van der Waals surface area contributed by atoms with Crippen molar-refractivity contribution in [3.63, 3.8) is 0 Å². The van der Waals surface area contributed by atoms with Crippen LogP contribution in [0.15, 0.2) is 18.2 Å². The van der Waals surface area contributed by atoms with Crippen molar-refractivity contribution >= 4 is 34.8 Å². The third-order valence-corrected chi connectivity index (χ3v) is 2.41. The molecule has 0 saturated heterocycles. The highest BCUT2D eigenvalue weighted by atomic mass is 35.5. The molecule has 0 aliphatic carbocycles. The summed E-state index contributed by atoms with van der Waals surface area (Å²) in [6.07, 6.45) is 0.966. The first-order chi connectivity index (χ1) is 8.52. The summed E-state index contributed by atoms with van der Waals surface area (Å²) < 4.78 is 0. The number of halogens is 1. The summed E-state index contributed by atoms with van der Waals surface area (Å²) in [7, 11) is 0. The summed E-state index contributed by atoms with van der Waals surface area (Å²) in [5, 5.41) is 5.81. The first-order valence-corrected chi connectivity index (χ1v) is 5.98. The SMILES string of the molecule is CC(=O)Nc1cc(Cl)ccc1NC(=O)CCCN. The monoisotopic (exact) mass is 269 g/mol. The molecular formula is C12H16ClN3O2. The summed E-state index contributed by atoms with van der Waals surface area (Å²) >= 11 is 5.84. The summed E-state index contributed by atoms with van der Waals surface area (Å²) in [5.41, 5.74) is 6.34. The minimum absolute atomic E-state index is 0.144. The predicted octanol–water partition coefficient (Wildman–Crippen LogP) is 1.98. The molecule has 0 aliphatic rings. The molecule has 4 N–H and O–H groups in total. The average molecular weight is 270 g/mol. The number of amides is 2. The van der Waals surface area contributed by atoms with Crippen LogP contribution in [0.4, 0.5) is 11.4 Å². The van der Waals surface area contributed by atoms with Crippen LogP contribution in [0.1, 0.15) is 19.8 Å². The van der Waals surface area contributed by atoms with Crippen molar-refractivity contribution in [3.8, 4) is 0 Å². The first-order valence-electron chi connectivity index (χ1n) is 5.60. The number of nitrogens with two attached hydrogens (primary N) is 1. The van der Waals surface area contributed by atoms with Crippen LogP contribution < -0.4 is 16.4 Å². The van der Waals surface area contributed by atoms with Gasteiger partial charge in [-0.05, 0) is 31.2 Å². The Hall–Kier alpha value is -1.59. The molecule has 1 aromatic rings. The molecule has 2 amide bonds. The summed E-state index contributed by atoms with van der Waals surface area (Å²) in [4.78, 5) is 22.6. The van der Waals surface area contributed by atoms with Gasteiger partial charge in [-0.1, -0.05) is 11.6 Å². The van der Waals surface area contributed by atoms with Crippen molar-refractivity contribution in [1.29, 1.82) is 0 Å². The number of hydrogen-bond donors (Lipinski definition) is 3. The van der Waals surface area contributed by atoms with E-state index in [-0.39, 0.29) is 11.8 Å². The number of nitrogens with one attached hydrogen (secondary N) is 2. The molecule has 98 valence electrons. The fourth-order valence-corrected chi connectivity index (χ4v) is 1.57. The number of hydrogen-bond acceptors (Lipinski definition) is 3. The van der Waals surface area contributed by atoms with Crippen LogP contribution in [0, 0.1) is 0 Å². The van der Waals surface area contributed by atoms with Gasteiger partial charge < -0.3 is 16.4 Å². The van der Waals surface area contributed by atoms with Crippen molar-refractivity contribution in [3.05, 3.63) is 23.2 Å². The molecule has 6 heteroatoms. The van der Waals surface area contributed by atoms with E-state index in [2.05, 4.69) is 10.6 Å². The van der Waals surface area contributed by atoms with Gasteiger partial charge in [-0.15, -0.1) is 0 Å². The smallest absolute Gasteiger partial charge is 0.224 e. The molecule has 5 nitrogen and oxygen atoms in total. The van der Waals surface area contributed by atoms with Crippen molar-refractivity contribution in [2.45, 2.75) is 19.8 Å². The average Bonchev–Trinajstić information content (AvgIpc) is 2.29. The normalized spacial score (nSPS) is 9.94. The number of carbonyl (C=O) groups is 2. The lowest BCUT2D eigenvalue weighted by atomic mass is 10.2. The topological polar surface area (TPSA) is 84.2 Å². The summed E-state index contributed by atoms with van der Waals surface area (Å²) in [6, 6.07) is 4.88. The minimum Gasteiger partial charge on any atom is -0.330 e. The highest BCUT2D eigenvalue weighted by Gasteiger charge is 2.08. The van der Waals surface area contributed by atoms with Gasteiger partial charge in [0.2, 0.25) is 11.8 Å². The number of rotatable bonds is 5. The van der Waals surface area contributed by atoms with Crippen LogP contribution >= 0.6 is 11.6 Å². The van der Waals surface area contributed by atoms with Crippen LogP contribution in [-0.2, 0) is 9.59 Å². The highest BCUT2D eigenvalue weighted by Crippen LogP contribution is 2.26. The van der Waals surface area contributed by atoms with E-state index in [4.69, 9.17) is 17.3 Å². The van der Waals surface area contributed by atoms with Crippen molar-refractivity contribution in [1.82, 2.24) is 0 Å². The molecule has 1 rings (SSSR count). The molecular weight excluding hydrogens is 254 g/mol. The second-order valence-corrected chi connectivity index (χ2v) is 4.25. The van der Waals surface area contributed by atoms with Crippen LogP contribution in [-0.4, -0.2) is 18.4 Å². The summed E-state index contributed by atoms with van der Waals surface area (Å²) in [6.45, 7) is 1.85. The van der Waals surface area contributed by atoms with Crippen LogP contribution in [0.5, 0.6) is 0 Å². The molecule has 0 saturated carbocycles. The van der Waals surface area contributed by atoms with E-state index >= 15 is 0 Å². The molecule has 0 atom stereocenters. The fourth-order valence-electron chi connectivity index (χ4n) is 1.39. The van der Waals surface area contributed by atoms with E-state index in [0.29, 0.717) is 35.8 Å². The Balaban J connectivity index is 2.80. The molecule has 0 bridgehead atoms. The van der Waals surface area contributed by atoms with E-state index in [9.17, 15) is 9.59 Å². The van der Waals surface area contributed by atoms with Gasteiger partial charge in [-0.25, -0.2) is 0 Å². The van der Waals surface area contributed by atoms with Gasteiger partial charge in [0.25, 0.3) is 0 Å². The Morgan fingerprint density at radius 3 is 2.61 bits per heavy atom. The zero-order valence-corrected chi connectivity index (χ0v) is 10.9. The Labute approximate surface area is 111 Å². The molecule has 18 heavy (non-hydrogen) atoms. The zero-order chi connectivity index (χ0) is 13.5. The molecule has 0 aliphatic heterocycles. The molecule has 0 spiro atoms. The minimum atomic E-state index is -0.227. The standard InChI is InChI=1S/C12H16ClN3O2/c1-8(17)15-11-7-9(13)4-5-10(11)16-12(18)3-2-6-14/h4-5,7H,2-3,6,14H2,1H3,(H,15,17)(H,16,18). The van der Waals surface area contributed by atoms with E-state index < -0.39 is 0 Å². The fraction of sp³-hybridized carbons (Fsp3) is 0.333. The van der Waals surface area contributed by atoms with Gasteiger partial charge in [0.1, 0.15) is 0 Å². The van der Waals surface area contributed by atoms with E-state index in [0.717, 1.165) is 0 Å². The van der Waals surface area contributed by atoms with Gasteiger partial charge in [0.15, 0.2) is 0 Å². The molecule has 0 heterocycles. The largest absolute Gasteiger partial charge is 0.330 e. The maximum atomic E-state index is 11.6. The van der Waals surface area contributed by atoms with Gasteiger partial charge >= 0.3 is 0 Å². The third-order valence-electron chi connectivity index (χ3n) is 2.17. The number of anilines is 2. The van der Waals surface area contributed by atoms with E-state index in [1.54, 1.807) is 18.2 Å². The Bertz CT molecular complexity index is 449. The van der Waals surface area contributed by atoms with E-state index in [1.807, 2.05) is 0 Å². The van der Waals surface area contributed by atoms with Gasteiger partial charge in [0, 0.05) is 18.4 Å². The Morgan fingerprint density at radius 2 is 2.00 bits per heavy atom. The number of carbonyl (C=O) groups excluding carboxylic acids is 2. The molecule has 0 aromatic heterocycles. The van der Waals surface area contributed by atoms with Gasteiger partial charge in [0.05, 0.1) is 11.4 Å². The van der Waals surface area contributed by atoms with Crippen molar-refractivity contribution < 1.29 is 9.59 Å². The second-order valence-electron chi connectivity index (χ2n) is 3.81. The quantitative estimate of drug-likeness (QED) is 0.764. The van der Waals surface area contributed by atoms with Crippen molar-refractivity contribution in [2.24, 2.45) is 5.73 Å². The van der Waals surface area contributed by atoms with Crippen LogP contribution in [0.2, 0.25) is 5.02 Å². The Morgan fingerprint density at radius 1 is 1.28 bits per heavy atom. The summed E-state index contributed by atoms with van der Waals surface area (Å²) in [5.74, 6) is -0.371. The third kappa shape index (κ3) is 4.73. The van der Waals surface area contributed by atoms with Crippen molar-refractivity contribution in [2.75, 3.05) is 17.2 Å².